The summed E-state index contributed by atoms with van der Waals surface area (Å²) in [5.74, 6) is -0.859. The van der Waals surface area contributed by atoms with Gasteiger partial charge in [0.25, 0.3) is 0 Å². The van der Waals surface area contributed by atoms with Gasteiger partial charge >= 0.3 is 5.97 Å². The molecule has 20 heavy (non-hydrogen) atoms. The first-order valence-electron chi connectivity index (χ1n) is 6.52. The van der Waals surface area contributed by atoms with Crippen LogP contribution in [-0.2, 0) is 21.2 Å². The van der Waals surface area contributed by atoms with Crippen molar-refractivity contribution in [1.29, 1.82) is 0 Å². The molecule has 0 spiro atoms. The minimum atomic E-state index is -3.43. The summed E-state index contributed by atoms with van der Waals surface area (Å²) in [5, 5.41) is 11.7. The molecule has 0 aliphatic carbocycles. The van der Waals surface area contributed by atoms with Crippen LogP contribution in [0, 0.1) is 0 Å². The van der Waals surface area contributed by atoms with Gasteiger partial charge < -0.3 is 10.4 Å². The zero-order valence-corrected chi connectivity index (χ0v) is 11.9. The predicted octanol–water partition coefficient (Wildman–Crippen LogP) is 0.298. The van der Waals surface area contributed by atoms with Gasteiger partial charge in [-0.25, -0.2) is 8.42 Å². The molecule has 1 aromatic carbocycles. The predicted molar refractivity (Wildman–Crippen MR) is 74.0 cm³/mol. The summed E-state index contributed by atoms with van der Waals surface area (Å²) in [6.07, 6.45) is 0.452. The Hall–Kier alpha value is -1.44. The number of hydrogen-bond donors (Lipinski definition) is 2. The number of aliphatic carboxylic acids is 1. The number of carboxylic acid groups (broad SMARTS) is 1. The molecular formula is C13H18N2O4S. The molecule has 1 fully saturated rings. The largest absolute Gasteiger partial charge is 0.481 e. The van der Waals surface area contributed by atoms with Crippen LogP contribution < -0.4 is 5.32 Å². The van der Waals surface area contributed by atoms with Gasteiger partial charge in [0, 0.05) is 32.6 Å². The second-order valence-electron chi connectivity index (χ2n) is 4.69. The lowest BCUT2D eigenvalue weighted by molar-refractivity contribution is -0.136. The summed E-state index contributed by atoms with van der Waals surface area (Å²) < 4.78 is 26.2. The average Bonchev–Trinajstić information content (AvgIpc) is 2.46. The molecule has 0 atom stereocenters. The number of rotatable bonds is 5. The van der Waals surface area contributed by atoms with Gasteiger partial charge in [0.15, 0.2) is 0 Å². The molecule has 0 radical (unpaired) electrons. The van der Waals surface area contributed by atoms with Gasteiger partial charge in [0.2, 0.25) is 10.0 Å². The van der Waals surface area contributed by atoms with E-state index >= 15 is 0 Å². The van der Waals surface area contributed by atoms with Crippen molar-refractivity contribution in [1.82, 2.24) is 9.62 Å². The first kappa shape index (κ1) is 15.0. The number of hydrogen-bond acceptors (Lipinski definition) is 4. The molecule has 0 bridgehead atoms. The van der Waals surface area contributed by atoms with Gasteiger partial charge in [-0.05, 0) is 24.1 Å². The van der Waals surface area contributed by atoms with Gasteiger partial charge in [-0.1, -0.05) is 12.1 Å². The van der Waals surface area contributed by atoms with E-state index in [0.717, 1.165) is 5.56 Å². The van der Waals surface area contributed by atoms with E-state index in [9.17, 15) is 13.2 Å². The fourth-order valence-corrected chi connectivity index (χ4v) is 3.55. The number of nitrogens with one attached hydrogen (secondary N) is 1. The van der Waals surface area contributed by atoms with Crippen molar-refractivity contribution in [3.05, 3.63) is 29.8 Å². The highest BCUT2D eigenvalue weighted by Gasteiger charge is 2.25. The fraction of sp³-hybridized carbons (Fsp3) is 0.462. The highest BCUT2D eigenvalue weighted by Crippen LogP contribution is 2.17. The summed E-state index contributed by atoms with van der Waals surface area (Å²) in [7, 11) is -3.43. The summed E-state index contributed by atoms with van der Waals surface area (Å²) >= 11 is 0. The highest BCUT2D eigenvalue weighted by atomic mass is 32.2. The molecule has 0 saturated carbocycles. The summed E-state index contributed by atoms with van der Waals surface area (Å²) in [4.78, 5) is 10.8. The van der Waals surface area contributed by atoms with Crippen molar-refractivity contribution in [2.45, 2.75) is 17.7 Å². The number of benzene rings is 1. The topological polar surface area (TPSA) is 86.7 Å². The molecule has 1 aliphatic heterocycles. The van der Waals surface area contributed by atoms with Crippen molar-refractivity contribution in [3.8, 4) is 0 Å². The molecule has 0 unspecified atom stereocenters. The Balaban J connectivity index is 2.10. The number of sulfonamides is 1. The summed E-state index contributed by atoms with van der Waals surface area (Å²) in [6.45, 7) is 2.28. The Morgan fingerprint density at radius 3 is 2.35 bits per heavy atom. The van der Waals surface area contributed by atoms with Gasteiger partial charge in [0.05, 0.1) is 4.90 Å². The second-order valence-corrected chi connectivity index (χ2v) is 6.63. The van der Waals surface area contributed by atoms with E-state index < -0.39 is 16.0 Å². The van der Waals surface area contributed by atoms with Crippen molar-refractivity contribution >= 4 is 16.0 Å². The number of piperazine rings is 1. The first-order chi connectivity index (χ1) is 9.50. The lowest BCUT2D eigenvalue weighted by Crippen LogP contribution is -2.46. The molecule has 1 aliphatic rings. The third kappa shape index (κ3) is 3.56. The van der Waals surface area contributed by atoms with Crippen molar-refractivity contribution in [2.75, 3.05) is 26.2 Å². The monoisotopic (exact) mass is 298 g/mol. The minimum Gasteiger partial charge on any atom is -0.481 e. The van der Waals surface area contributed by atoms with Crippen LogP contribution in [0.1, 0.15) is 12.0 Å². The third-order valence-corrected chi connectivity index (χ3v) is 5.18. The second kappa shape index (κ2) is 6.34. The van der Waals surface area contributed by atoms with Crippen LogP contribution in [0.2, 0.25) is 0 Å². The highest BCUT2D eigenvalue weighted by molar-refractivity contribution is 7.89. The van der Waals surface area contributed by atoms with Gasteiger partial charge in [0.1, 0.15) is 0 Å². The quantitative estimate of drug-likeness (QED) is 0.816. The van der Waals surface area contributed by atoms with Crippen LogP contribution in [0.15, 0.2) is 29.2 Å². The normalized spacial score (nSPS) is 17.0. The molecule has 7 heteroatoms. The molecule has 6 nitrogen and oxygen atoms in total. The van der Waals surface area contributed by atoms with Gasteiger partial charge in [-0.15, -0.1) is 0 Å². The Kier molecular flexibility index (Phi) is 4.74. The van der Waals surface area contributed by atoms with Crippen molar-refractivity contribution in [3.63, 3.8) is 0 Å². The molecule has 0 aromatic heterocycles. The minimum absolute atomic E-state index is 0.0455. The van der Waals surface area contributed by atoms with E-state index in [0.29, 0.717) is 32.6 Å². The van der Waals surface area contributed by atoms with Crippen molar-refractivity contribution < 1.29 is 18.3 Å². The number of aryl methyl sites for hydroxylation is 1. The molecule has 110 valence electrons. The van der Waals surface area contributed by atoms with E-state index in [2.05, 4.69) is 5.32 Å². The lowest BCUT2D eigenvalue weighted by atomic mass is 10.1. The molecule has 1 aromatic rings. The van der Waals surface area contributed by atoms with Crippen LogP contribution in [0.3, 0.4) is 0 Å². The van der Waals surface area contributed by atoms with E-state index in [1.807, 2.05) is 0 Å². The number of nitrogens with zero attached hydrogens (tertiary/aromatic N) is 1. The molecule has 0 amide bonds. The summed E-state index contributed by atoms with van der Waals surface area (Å²) in [5.41, 5.74) is 0.826. The standard InChI is InChI=1S/C13H18N2O4S/c16-13(17)6-3-11-1-4-12(5-2-11)20(18,19)15-9-7-14-8-10-15/h1-2,4-5,14H,3,6-10H2,(H,16,17). The van der Waals surface area contributed by atoms with E-state index in [1.165, 1.54) is 4.31 Å². The van der Waals surface area contributed by atoms with E-state index in [-0.39, 0.29) is 11.3 Å². The van der Waals surface area contributed by atoms with Crippen molar-refractivity contribution in [2.24, 2.45) is 0 Å². The Morgan fingerprint density at radius 1 is 1.20 bits per heavy atom. The van der Waals surface area contributed by atoms with Gasteiger partial charge in [-0.3, -0.25) is 4.79 Å². The Bertz CT molecular complexity index is 563. The van der Waals surface area contributed by atoms with Crippen LogP contribution in [0.5, 0.6) is 0 Å². The average molecular weight is 298 g/mol. The maximum absolute atomic E-state index is 12.4. The molecular weight excluding hydrogens is 280 g/mol. The molecule has 1 heterocycles. The third-order valence-electron chi connectivity index (χ3n) is 3.26. The Morgan fingerprint density at radius 2 is 1.80 bits per heavy atom. The maximum Gasteiger partial charge on any atom is 0.303 e. The Labute approximate surface area is 118 Å². The van der Waals surface area contributed by atoms with Crippen LogP contribution >= 0.6 is 0 Å². The maximum atomic E-state index is 12.4. The van der Waals surface area contributed by atoms with Crippen LogP contribution in [0.25, 0.3) is 0 Å². The van der Waals surface area contributed by atoms with Crippen LogP contribution in [-0.4, -0.2) is 50.0 Å². The van der Waals surface area contributed by atoms with E-state index in [1.54, 1.807) is 24.3 Å². The molecule has 2 rings (SSSR count). The van der Waals surface area contributed by atoms with Crippen LogP contribution in [0.4, 0.5) is 0 Å². The summed E-state index contributed by atoms with van der Waals surface area (Å²) in [6, 6.07) is 6.46. The fourth-order valence-electron chi connectivity index (χ4n) is 2.11. The molecule has 1 saturated heterocycles. The zero-order chi connectivity index (χ0) is 14.6. The SMILES string of the molecule is O=C(O)CCc1ccc(S(=O)(=O)N2CCNCC2)cc1. The number of carboxylic acids is 1. The zero-order valence-electron chi connectivity index (χ0n) is 11.1. The van der Waals surface area contributed by atoms with Gasteiger partial charge in [-0.2, -0.15) is 4.31 Å². The molecule has 2 N–H and O–H groups in total. The smallest absolute Gasteiger partial charge is 0.303 e. The lowest BCUT2D eigenvalue weighted by Gasteiger charge is -2.26. The first-order valence-corrected chi connectivity index (χ1v) is 7.96. The van der Waals surface area contributed by atoms with E-state index in [4.69, 9.17) is 5.11 Å². The number of carbonyl (C=O) groups is 1.